The number of nitrogens with one attached hydrogen (secondary N) is 1. The molecule has 1 aromatic carbocycles. The van der Waals surface area contributed by atoms with Crippen molar-refractivity contribution in [2.45, 2.75) is 13.0 Å². The first-order valence-corrected chi connectivity index (χ1v) is 8.10. The standard InChI is InChI=1S/C18H17N5O3/c1-10(16-19-13-6-4-5-7-14(13)22(16)2)23-8-11-15(20-21-17(11)24)12(9-23)18(25)26-3/h4-10H,1-3H3,(H,21,24)/t10-/m1/s1. The summed E-state index contributed by atoms with van der Waals surface area (Å²) in [5.74, 6) is 0.260. The van der Waals surface area contributed by atoms with Crippen molar-refractivity contribution in [2.24, 2.45) is 7.05 Å². The average Bonchev–Trinajstić information content (AvgIpc) is 3.20. The molecule has 132 valence electrons. The molecule has 0 spiro atoms. The van der Waals surface area contributed by atoms with E-state index in [1.807, 2.05) is 42.8 Å². The molecule has 0 radical (unpaired) electrons. The van der Waals surface area contributed by atoms with E-state index in [0.29, 0.717) is 11.3 Å². The minimum absolute atomic E-state index is 0.213. The van der Waals surface area contributed by atoms with Crippen molar-refractivity contribution in [3.05, 3.63) is 58.4 Å². The van der Waals surface area contributed by atoms with Crippen LogP contribution in [0, 0.1) is 0 Å². The summed E-state index contributed by atoms with van der Waals surface area (Å²) in [5, 5.41) is 6.33. The first kappa shape index (κ1) is 16.1. The molecule has 2 aliphatic rings. The number of carbonyl (C=O) groups excluding carboxylic acids is 1. The van der Waals surface area contributed by atoms with Crippen molar-refractivity contribution in [3.63, 3.8) is 0 Å². The smallest absolute Gasteiger partial charge is 0.341 e. The second kappa shape index (κ2) is 5.83. The Labute approximate surface area is 148 Å². The molecule has 0 saturated heterocycles. The number of carbonyl (C=O) groups is 1. The molecule has 0 bridgehead atoms. The van der Waals surface area contributed by atoms with Crippen LogP contribution in [0.1, 0.15) is 29.1 Å². The number of aromatic amines is 1. The Balaban J connectivity index is 1.91. The Morgan fingerprint density at radius 3 is 2.77 bits per heavy atom. The predicted octanol–water partition coefficient (Wildman–Crippen LogP) is 1.96. The van der Waals surface area contributed by atoms with Crippen LogP contribution in [-0.4, -0.2) is 37.4 Å². The van der Waals surface area contributed by atoms with Crippen molar-refractivity contribution >= 4 is 17.0 Å². The molecule has 0 amide bonds. The van der Waals surface area contributed by atoms with Gasteiger partial charge in [0.15, 0.2) is 0 Å². The molecule has 1 N–H and O–H groups in total. The maximum absolute atomic E-state index is 12.1. The highest BCUT2D eigenvalue weighted by molar-refractivity contribution is 5.96. The van der Waals surface area contributed by atoms with E-state index in [0.717, 1.165) is 16.9 Å². The van der Waals surface area contributed by atoms with Crippen molar-refractivity contribution < 1.29 is 9.53 Å². The van der Waals surface area contributed by atoms with Gasteiger partial charge in [-0.3, -0.25) is 4.79 Å². The molecule has 2 aromatic rings. The first-order valence-electron chi connectivity index (χ1n) is 8.10. The molecule has 0 saturated carbocycles. The summed E-state index contributed by atoms with van der Waals surface area (Å²) in [5.41, 5.74) is 2.41. The maximum atomic E-state index is 12.1. The molecule has 1 aromatic heterocycles. The molecular weight excluding hydrogens is 334 g/mol. The van der Waals surface area contributed by atoms with Gasteiger partial charge in [-0.15, -0.1) is 0 Å². The molecular formula is C18H17N5O3. The lowest BCUT2D eigenvalue weighted by molar-refractivity contribution is 0.0600. The summed E-state index contributed by atoms with van der Waals surface area (Å²) < 4.78 is 8.62. The fourth-order valence-electron chi connectivity index (χ4n) is 3.21. The SMILES string of the molecule is COC(=O)c1cn([C@H](C)c2nc3ccccc3n2C)cc2c(=O)[nH]nc1-2. The Morgan fingerprint density at radius 2 is 2.04 bits per heavy atom. The predicted molar refractivity (Wildman–Crippen MR) is 95.3 cm³/mol. The van der Waals surface area contributed by atoms with Crippen LogP contribution >= 0.6 is 0 Å². The third kappa shape index (κ3) is 2.30. The van der Waals surface area contributed by atoms with Crippen molar-refractivity contribution in [3.8, 4) is 11.3 Å². The van der Waals surface area contributed by atoms with Crippen molar-refractivity contribution in [1.82, 2.24) is 24.3 Å². The highest BCUT2D eigenvalue weighted by atomic mass is 16.5. The fraction of sp³-hybridized carbons (Fsp3) is 0.222. The number of aryl methyl sites for hydroxylation is 1. The van der Waals surface area contributed by atoms with Gasteiger partial charge in [0.1, 0.15) is 17.1 Å². The van der Waals surface area contributed by atoms with Gasteiger partial charge in [-0.25, -0.2) is 14.9 Å². The van der Waals surface area contributed by atoms with Gasteiger partial charge in [0.25, 0.3) is 5.56 Å². The van der Waals surface area contributed by atoms with Crippen LogP contribution in [0.25, 0.3) is 22.3 Å². The topological polar surface area (TPSA) is 94.8 Å². The highest BCUT2D eigenvalue weighted by Crippen LogP contribution is 2.26. The zero-order valence-corrected chi connectivity index (χ0v) is 14.6. The molecule has 0 fully saturated rings. The van der Waals surface area contributed by atoms with Crippen LogP contribution in [0.3, 0.4) is 0 Å². The number of benzene rings is 1. The number of aromatic nitrogens is 5. The van der Waals surface area contributed by atoms with Gasteiger partial charge in [-0.1, -0.05) is 12.1 Å². The minimum Gasteiger partial charge on any atom is -0.465 e. The van der Waals surface area contributed by atoms with E-state index in [1.165, 1.54) is 7.11 Å². The maximum Gasteiger partial charge on any atom is 0.341 e. The number of pyridine rings is 1. The van der Waals surface area contributed by atoms with Gasteiger partial charge >= 0.3 is 5.97 Å². The molecule has 4 rings (SSSR count). The molecule has 8 nitrogen and oxygen atoms in total. The number of ether oxygens (including phenoxy) is 1. The number of H-pyrrole nitrogens is 1. The fourth-order valence-corrected chi connectivity index (χ4v) is 3.21. The van der Waals surface area contributed by atoms with E-state index < -0.39 is 5.97 Å². The van der Waals surface area contributed by atoms with Gasteiger partial charge in [0, 0.05) is 19.4 Å². The number of para-hydroxylation sites is 2. The lowest BCUT2D eigenvalue weighted by Crippen LogP contribution is -2.17. The van der Waals surface area contributed by atoms with E-state index in [1.54, 1.807) is 17.0 Å². The van der Waals surface area contributed by atoms with E-state index >= 15 is 0 Å². The summed E-state index contributed by atoms with van der Waals surface area (Å²) >= 11 is 0. The van der Waals surface area contributed by atoms with E-state index in [4.69, 9.17) is 9.72 Å². The molecule has 1 atom stereocenters. The first-order chi connectivity index (χ1) is 12.5. The van der Waals surface area contributed by atoms with Crippen molar-refractivity contribution in [2.75, 3.05) is 7.11 Å². The largest absolute Gasteiger partial charge is 0.465 e. The summed E-state index contributed by atoms with van der Waals surface area (Å²) in [6, 6.07) is 7.63. The molecule has 8 heteroatoms. The number of imidazole rings is 1. The zero-order chi connectivity index (χ0) is 18.4. The third-order valence-corrected chi connectivity index (χ3v) is 4.63. The lowest BCUT2D eigenvalue weighted by atomic mass is 10.1. The van der Waals surface area contributed by atoms with Crippen LogP contribution in [0.5, 0.6) is 0 Å². The Bertz CT molecular complexity index is 1150. The molecule has 3 heterocycles. The monoisotopic (exact) mass is 351 g/mol. The second-order valence-corrected chi connectivity index (χ2v) is 6.12. The Morgan fingerprint density at radius 1 is 1.27 bits per heavy atom. The lowest BCUT2D eigenvalue weighted by Gasteiger charge is -2.18. The summed E-state index contributed by atoms with van der Waals surface area (Å²) in [6.07, 6.45) is 3.32. The van der Waals surface area contributed by atoms with Crippen LogP contribution in [-0.2, 0) is 11.8 Å². The number of nitrogens with zero attached hydrogens (tertiary/aromatic N) is 4. The number of rotatable bonds is 3. The molecule has 0 unspecified atom stereocenters. The van der Waals surface area contributed by atoms with Crippen LogP contribution in [0.4, 0.5) is 0 Å². The highest BCUT2D eigenvalue weighted by Gasteiger charge is 2.24. The number of fused-ring (bicyclic) bond motifs is 2. The number of hydrogen-bond donors (Lipinski definition) is 1. The number of hydrogen-bond acceptors (Lipinski definition) is 5. The van der Waals surface area contributed by atoms with Crippen LogP contribution in [0.15, 0.2) is 41.5 Å². The quantitative estimate of drug-likeness (QED) is 0.569. The van der Waals surface area contributed by atoms with E-state index in [9.17, 15) is 9.59 Å². The summed E-state index contributed by atoms with van der Waals surface area (Å²) in [4.78, 5) is 28.9. The second-order valence-electron chi connectivity index (χ2n) is 6.12. The number of methoxy groups -OCH3 is 1. The van der Waals surface area contributed by atoms with Crippen molar-refractivity contribution in [1.29, 1.82) is 0 Å². The van der Waals surface area contributed by atoms with Crippen LogP contribution < -0.4 is 5.56 Å². The van der Waals surface area contributed by atoms with Crippen LogP contribution in [0.2, 0.25) is 0 Å². The zero-order valence-electron chi connectivity index (χ0n) is 14.6. The average molecular weight is 351 g/mol. The van der Waals surface area contributed by atoms with E-state index in [2.05, 4.69) is 10.2 Å². The Kier molecular flexibility index (Phi) is 3.61. The van der Waals surface area contributed by atoms with Gasteiger partial charge in [-0.05, 0) is 19.1 Å². The van der Waals surface area contributed by atoms with Gasteiger partial charge in [0.2, 0.25) is 0 Å². The number of esters is 1. The third-order valence-electron chi connectivity index (χ3n) is 4.63. The Hall–Kier alpha value is -3.42. The minimum atomic E-state index is -0.548. The van der Waals surface area contributed by atoms with Gasteiger partial charge in [0.05, 0.1) is 29.7 Å². The van der Waals surface area contributed by atoms with Gasteiger partial charge in [-0.2, -0.15) is 5.10 Å². The summed E-state index contributed by atoms with van der Waals surface area (Å²) in [6.45, 7) is 1.96. The molecule has 2 aliphatic heterocycles. The van der Waals surface area contributed by atoms with E-state index in [-0.39, 0.29) is 17.2 Å². The summed E-state index contributed by atoms with van der Waals surface area (Å²) in [7, 11) is 3.24. The molecule has 0 aliphatic carbocycles. The van der Waals surface area contributed by atoms with Gasteiger partial charge < -0.3 is 13.9 Å². The normalized spacial score (nSPS) is 12.6. The molecule has 26 heavy (non-hydrogen) atoms.